The van der Waals surface area contributed by atoms with Gasteiger partial charge >= 0.3 is 0 Å². The molecular weight excluding hydrogens is 316 g/mol. The largest absolute Gasteiger partial charge is 0.491 e. The van der Waals surface area contributed by atoms with Gasteiger partial charge in [-0.25, -0.2) is 13.1 Å². The van der Waals surface area contributed by atoms with Gasteiger partial charge in [0.2, 0.25) is 15.9 Å². The Kier molecular flexibility index (Phi) is 4.06. The Bertz CT molecular complexity index is 831. The summed E-state index contributed by atoms with van der Waals surface area (Å²) in [5.41, 5.74) is 1.37. The van der Waals surface area contributed by atoms with Gasteiger partial charge in [-0.3, -0.25) is 4.79 Å². The minimum Gasteiger partial charge on any atom is -0.491 e. The molecule has 6 nitrogen and oxygen atoms in total. The third-order valence-corrected chi connectivity index (χ3v) is 4.97. The Morgan fingerprint density at radius 2 is 1.83 bits per heavy atom. The van der Waals surface area contributed by atoms with E-state index in [1.54, 1.807) is 12.1 Å². The Balaban J connectivity index is 1.79. The van der Waals surface area contributed by atoms with Crippen LogP contribution in [0.15, 0.2) is 53.4 Å². The zero-order valence-electron chi connectivity index (χ0n) is 12.4. The van der Waals surface area contributed by atoms with Crippen molar-refractivity contribution in [3.05, 3.63) is 54.1 Å². The minimum atomic E-state index is -3.67. The Morgan fingerprint density at radius 1 is 1.13 bits per heavy atom. The maximum atomic E-state index is 12.5. The van der Waals surface area contributed by atoms with E-state index in [2.05, 4.69) is 10.0 Å². The maximum absolute atomic E-state index is 12.5. The first-order valence-electron chi connectivity index (χ1n) is 7.07. The van der Waals surface area contributed by atoms with E-state index in [1.807, 2.05) is 24.3 Å². The molecule has 0 radical (unpaired) electrons. The molecule has 0 saturated carbocycles. The fourth-order valence-electron chi connectivity index (χ4n) is 2.44. The second-order valence-electron chi connectivity index (χ2n) is 5.23. The van der Waals surface area contributed by atoms with E-state index in [0.717, 1.165) is 5.56 Å². The third-order valence-electron chi connectivity index (χ3n) is 3.48. The average Bonchev–Trinajstić information content (AvgIpc) is 2.90. The van der Waals surface area contributed by atoms with Crippen LogP contribution in [0.25, 0.3) is 0 Å². The third kappa shape index (κ3) is 3.35. The van der Waals surface area contributed by atoms with Gasteiger partial charge < -0.3 is 10.1 Å². The first-order valence-corrected chi connectivity index (χ1v) is 8.56. The molecule has 2 aromatic carbocycles. The minimum absolute atomic E-state index is 0.135. The van der Waals surface area contributed by atoms with Crippen LogP contribution in [0.2, 0.25) is 0 Å². The molecule has 2 aromatic rings. The average molecular weight is 332 g/mol. The van der Waals surface area contributed by atoms with E-state index in [-0.39, 0.29) is 17.4 Å². The number of fused-ring (bicyclic) bond motifs is 1. The van der Waals surface area contributed by atoms with Gasteiger partial charge in [-0.1, -0.05) is 18.2 Å². The number of rotatable bonds is 4. The molecule has 7 heteroatoms. The van der Waals surface area contributed by atoms with Crippen LogP contribution in [-0.2, 0) is 14.8 Å². The van der Waals surface area contributed by atoms with E-state index in [4.69, 9.17) is 4.74 Å². The molecule has 0 spiro atoms. The molecule has 23 heavy (non-hydrogen) atoms. The number of nitrogens with one attached hydrogen (secondary N) is 2. The standard InChI is InChI=1S/C16H16N2O4S/c1-11(19)17-12-6-8-13(9-7-12)23(20,21)18-15-10-22-16-5-3-2-4-14(15)16/h2-9,15,18H,10H2,1H3,(H,17,19). The summed E-state index contributed by atoms with van der Waals surface area (Å²) in [6.45, 7) is 1.66. The number of carbonyl (C=O) groups excluding carboxylic acids is 1. The highest BCUT2D eigenvalue weighted by molar-refractivity contribution is 7.89. The van der Waals surface area contributed by atoms with Gasteiger partial charge in [-0.2, -0.15) is 0 Å². The van der Waals surface area contributed by atoms with Gasteiger partial charge in [0.25, 0.3) is 0 Å². The number of anilines is 1. The zero-order chi connectivity index (χ0) is 16.4. The lowest BCUT2D eigenvalue weighted by molar-refractivity contribution is -0.114. The Hall–Kier alpha value is -2.38. The predicted molar refractivity (Wildman–Crippen MR) is 85.7 cm³/mol. The van der Waals surface area contributed by atoms with E-state index in [9.17, 15) is 13.2 Å². The SMILES string of the molecule is CC(=O)Nc1ccc(S(=O)(=O)NC2COc3ccccc32)cc1. The molecule has 0 saturated heterocycles. The van der Waals surface area contributed by atoms with E-state index in [1.165, 1.54) is 19.1 Å². The monoisotopic (exact) mass is 332 g/mol. The lowest BCUT2D eigenvalue weighted by atomic mass is 10.1. The molecule has 3 rings (SSSR count). The van der Waals surface area contributed by atoms with Crippen molar-refractivity contribution < 1.29 is 17.9 Å². The molecule has 1 aliphatic heterocycles. The topological polar surface area (TPSA) is 84.5 Å². The van der Waals surface area contributed by atoms with Gasteiger partial charge in [0.15, 0.2) is 0 Å². The highest BCUT2D eigenvalue weighted by atomic mass is 32.2. The zero-order valence-corrected chi connectivity index (χ0v) is 13.3. The maximum Gasteiger partial charge on any atom is 0.241 e. The summed E-state index contributed by atoms with van der Waals surface area (Å²) in [7, 11) is -3.67. The quantitative estimate of drug-likeness (QED) is 0.897. The van der Waals surface area contributed by atoms with Crippen molar-refractivity contribution in [1.82, 2.24) is 4.72 Å². The van der Waals surface area contributed by atoms with Gasteiger partial charge in [0, 0.05) is 18.2 Å². The smallest absolute Gasteiger partial charge is 0.241 e. The van der Waals surface area contributed by atoms with Gasteiger partial charge in [-0.05, 0) is 30.3 Å². The van der Waals surface area contributed by atoms with E-state index < -0.39 is 16.1 Å². The molecule has 1 atom stereocenters. The van der Waals surface area contributed by atoms with Crippen molar-refractivity contribution in [2.75, 3.05) is 11.9 Å². The van der Waals surface area contributed by atoms with Crippen LogP contribution in [0.5, 0.6) is 5.75 Å². The predicted octanol–water partition coefficient (Wildman–Crippen LogP) is 2.06. The van der Waals surface area contributed by atoms with Crippen molar-refractivity contribution in [2.45, 2.75) is 17.9 Å². The lowest BCUT2D eigenvalue weighted by Gasteiger charge is -2.13. The molecule has 1 aliphatic rings. The number of benzene rings is 2. The summed E-state index contributed by atoms with van der Waals surface area (Å²) in [5.74, 6) is 0.486. The number of hydrogen-bond donors (Lipinski definition) is 2. The molecule has 1 heterocycles. The highest BCUT2D eigenvalue weighted by Crippen LogP contribution is 2.32. The van der Waals surface area contributed by atoms with Crippen LogP contribution < -0.4 is 14.8 Å². The second-order valence-corrected chi connectivity index (χ2v) is 6.94. The first kappa shape index (κ1) is 15.5. The normalized spacial score (nSPS) is 16.5. The summed E-state index contributed by atoms with van der Waals surface area (Å²) in [6, 6.07) is 12.9. The van der Waals surface area contributed by atoms with Gasteiger partial charge in [0.1, 0.15) is 12.4 Å². The Labute approximate surface area is 134 Å². The number of amides is 1. The van der Waals surface area contributed by atoms with E-state index >= 15 is 0 Å². The summed E-state index contributed by atoms with van der Waals surface area (Å²) in [5, 5.41) is 2.60. The van der Waals surface area contributed by atoms with Crippen molar-refractivity contribution in [2.24, 2.45) is 0 Å². The number of ether oxygens (including phenoxy) is 1. The molecule has 120 valence electrons. The summed E-state index contributed by atoms with van der Waals surface area (Å²) >= 11 is 0. The van der Waals surface area contributed by atoms with Crippen LogP contribution in [0, 0.1) is 0 Å². The summed E-state index contributed by atoms with van der Waals surface area (Å²) in [4.78, 5) is 11.1. The fraction of sp³-hybridized carbons (Fsp3) is 0.188. The van der Waals surface area contributed by atoms with Crippen LogP contribution in [0.1, 0.15) is 18.5 Å². The number of carbonyl (C=O) groups is 1. The van der Waals surface area contributed by atoms with Crippen LogP contribution in [0.3, 0.4) is 0 Å². The summed E-state index contributed by atoms with van der Waals surface area (Å²) in [6.07, 6.45) is 0. The molecule has 0 fully saturated rings. The van der Waals surface area contributed by atoms with Crippen LogP contribution in [-0.4, -0.2) is 20.9 Å². The van der Waals surface area contributed by atoms with Crippen molar-refractivity contribution in [3.8, 4) is 5.75 Å². The molecule has 0 bridgehead atoms. The Morgan fingerprint density at radius 3 is 2.52 bits per heavy atom. The van der Waals surface area contributed by atoms with Crippen molar-refractivity contribution >= 4 is 21.6 Å². The van der Waals surface area contributed by atoms with E-state index in [0.29, 0.717) is 11.4 Å². The fourth-order valence-corrected chi connectivity index (χ4v) is 3.64. The van der Waals surface area contributed by atoms with Gasteiger partial charge in [-0.15, -0.1) is 0 Å². The highest BCUT2D eigenvalue weighted by Gasteiger charge is 2.28. The number of para-hydroxylation sites is 1. The van der Waals surface area contributed by atoms with Gasteiger partial charge in [0.05, 0.1) is 10.9 Å². The number of sulfonamides is 1. The molecular formula is C16H16N2O4S. The molecule has 1 unspecified atom stereocenters. The summed E-state index contributed by atoms with van der Waals surface area (Å²) < 4.78 is 33.1. The molecule has 0 aromatic heterocycles. The molecule has 1 amide bonds. The van der Waals surface area contributed by atoms with Crippen LogP contribution in [0.4, 0.5) is 5.69 Å². The first-order chi connectivity index (χ1) is 11.0. The van der Waals surface area contributed by atoms with Crippen LogP contribution >= 0.6 is 0 Å². The van der Waals surface area contributed by atoms with Crippen molar-refractivity contribution in [3.63, 3.8) is 0 Å². The molecule has 2 N–H and O–H groups in total. The molecule has 0 aliphatic carbocycles. The lowest BCUT2D eigenvalue weighted by Crippen LogP contribution is -2.29. The van der Waals surface area contributed by atoms with Crippen molar-refractivity contribution in [1.29, 1.82) is 0 Å². The second kappa shape index (κ2) is 6.02. The number of hydrogen-bond acceptors (Lipinski definition) is 4.